The van der Waals surface area contributed by atoms with Gasteiger partial charge in [-0.15, -0.1) is 0 Å². The van der Waals surface area contributed by atoms with Crippen LogP contribution in [0.3, 0.4) is 0 Å². The predicted octanol–water partition coefficient (Wildman–Crippen LogP) is -0.214. The SMILES string of the molecule is O=C(O)CCOCC(COCCC(=O)O)NC(=O)[C@H](COCCC(=O)O)NCC(=O)c1ccccc1. The molecule has 0 saturated carbocycles. The van der Waals surface area contributed by atoms with Gasteiger partial charge in [-0.2, -0.15) is 0 Å². The van der Waals surface area contributed by atoms with E-state index in [9.17, 15) is 24.0 Å². The van der Waals surface area contributed by atoms with Crippen molar-refractivity contribution in [2.45, 2.75) is 31.3 Å². The fourth-order valence-electron chi connectivity index (χ4n) is 2.73. The number of aliphatic carboxylic acids is 3. The van der Waals surface area contributed by atoms with Gasteiger partial charge < -0.3 is 34.8 Å². The first-order chi connectivity index (χ1) is 17.2. The van der Waals surface area contributed by atoms with E-state index in [1.165, 1.54) is 0 Å². The Labute approximate surface area is 207 Å². The first-order valence-electron chi connectivity index (χ1n) is 11.2. The van der Waals surface area contributed by atoms with Crippen LogP contribution >= 0.6 is 0 Å². The van der Waals surface area contributed by atoms with E-state index in [1.54, 1.807) is 30.3 Å². The van der Waals surface area contributed by atoms with Crippen molar-refractivity contribution in [1.29, 1.82) is 0 Å². The highest BCUT2D eigenvalue weighted by Gasteiger charge is 2.23. The monoisotopic (exact) mass is 512 g/mol. The van der Waals surface area contributed by atoms with E-state index in [0.29, 0.717) is 5.56 Å². The molecular weight excluding hydrogens is 480 g/mol. The molecule has 0 unspecified atom stereocenters. The van der Waals surface area contributed by atoms with Crippen molar-refractivity contribution >= 4 is 29.6 Å². The summed E-state index contributed by atoms with van der Waals surface area (Å²) in [4.78, 5) is 57.4. The van der Waals surface area contributed by atoms with Crippen molar-refractivity contribution < 1.29 is 53.5 Å². The summed E-state index contributed by atoms with van der Waals surface area (Å²) in [5.74, 6) is -4.05. The molecule has 13 heteroatoms. The van der Waals surface area contributed by atoms with Crippen molar-refractivity contribution in [3.8, 4) is 0 Å². The molecule has 1 aromatic carbocycles. The van der Waals surface area contributed by atoms with Crippen LogP contribution in [0.2, 0.25) is 0 Å². The smallest absolute Gasteiger partial charge is 0.305 e. The zero-order valence-corrected chi connectivity index (χ0v) is 19.7. The highest BCUT2D eigenvalue weighted by atomic mass is 16.5. The first-order valence-corrected chi connectivity index (χ1v) is 11.2. The van der Waals surface area contributed by atoms with Crippen LogP contribution in [0.5, 0.6) is 0 Å². The van der Waals surface area contributed by atoms with Crippen LogP contribution < -0.4 is 10.6 Å². The number of benzene rings is 1. The molecule has 0 spiro atoms. The number of nitrogens with one attached hydrogen (secondary N) is 2. The van der Waals surface area contributed by atoms with Crippen molar-refractivity contribution in [3.63, 3.8) is 0 Å². The van der Waals surface area contributed by atoms with Gasteiger partial charge in [-0.3, -0.25) is 29.3 Å². The minimum Gasteiger partial charge on any atom is -0.481 e. The lowest BCUT2D eigenvalue weighted by atomic mass is 10.1. The minimum atomic E-state index is -1.07. The van der Waals surface area contributed by atoms with Crippen molar-refractivity contribution in [1.82, 2.24) is 10.6 Å². The standard InChI is InChI=1S/C23H32N2O11/c26-19(16-4-2-1-3-5-16)12-24-18(15-36-11-8-22(31)32)23(33)25-17(13-34-9-6-20(27)28)14-35-10-7-21(29)30/h1-5,17-18,24H,6-15H2,(H,25,33)(H,27,28)(H,29,30)(H,31,32)/t18-/m0/s1. The molecule has 1 atom stereocenters. The highest BCUT2D eigenvalue weighted by Crippen LogP contribution is 2.01. The van der Waals surface area contributed by atoms with Gasteiger partial charge in [-0.05, 0) is 0 Å². The molecule has 0 bridgehead atoms. The molecule has 1 rings (SSSR count). The van der Waals surface area contributed by atoms with E-state index in [0.717, 1.165) is 0 Å². The number of hydrogen-bond donors (Lipinski definition) is 5. The van der Waals surface area contributed by atoms with Gasteiger partial charge in [0.15, 0.2) is 5.78 Å². The maximum atomic E-state index is 12.9. The second-order valence-electron chi connectivity index (χ2n) is 7.58. The van der Waals surface area contributed by atoms with Gasteiger partial charge in [0.25, 0.3) is 0 Å². The molecule has 36 heavy (non-hydrogen) atoms. The summed E-state index contributed by atoms with van der Waals surface area (Å²) >= 11 is 0. The summed E-state index contributed by atoms with van der Waals surface area (Å²) in [7, 11) is 0. The van der Waals surface area contributed by atoms with E-state index in [4.69, 9.17) is 29.5 Å². The lowest BCUT2D eigenvalue weighted by Gasteiger charge is -2.23. The molecule has 1 aromatic rings. The Balaban J connectivity index is 2.76. The number of carbonyl (C=O) groups is 5. The molecule has 0 aromatic heterocycles. The minimum absolute atomic E-state index is 0.109. The number of amides is 1. The fraction of sp³-hybridized carbons (Fsp3) is 0.522. The third-order valence-corrected chi connectivity index (χ3v) is 4.57. The number of rotatable bonds is 21. The van der Waals surface area contributed by atoms with Crippen molar-refractivity contribution in [2.75, 3.05) is 46.2 Å². The van der Waals surface area contributed by atoms with Gasteiger partial charge in [0.1, 0.15) is 6.04 Å². The molecule has 0 aliphatic heterocycles. The van der Waals surface area contributed by atoms with Crippen LogP contribution in [-0.2, 0) is 33.4 Å². The number of carboxylic acids is 3. The van der Waals surface area contributed by atoms with Crippen molar-refractivity contribution in [3.05, 3.63) is 35.9 Å². The van der Waals surface area contributed by atoms with Gasteiger partial charge in [-0.1, -0.05) is 30.3 Å². The lowest BCUT2D eigenvalue weighted by Crippen LogP contribution is -2.53. The molecule has 0 fully saturated rings. The Bertz CT molecular complexity index is 826. The second kappa shape index (κ2) is 18.0. The number of carbonyl (C=O) groups excluding carboxylic acids is 2. The number of carboxylic acid groups (broad SMARTS) is 3. The molecule has 0 aliphatic rings. The summed E-state index contributed by atoms with van der Waals surface area (Å²) in [6.07, 6.45) is -0.762. The third-order valence-electron chi connectivity index (χ3n) is 4.57. The van der Waals surface area contributed by atoms with E-state index < -0.39 is 35.9 Å². The van der Waals surface area contributed by atoms with E-state index in [2.05, 4.69) is 10.6 Å². The lowest BCUT2D eigenvalue weighted by molar-refractivity contribution is -0.140. The zero-order valence-electron chi connectivity index (χ0n) is 19.7. The molecule has 0 heterocycles. The molecular formula is C23H32N2O11. The third kappa shape index (κ3) is 14.8. The van der Waals surface area contributed by atoms with Crippen LogP contribution in [-0.4, -0.2) is 103 Å². The maximum absolute atomic E-state index is 12.9. The van der Waals surface area contributed by atoms with Crippen LogP contribution in [0.1, 0.15) is 29.6 Å². The maximum Gasteiger partial charge on any atom is 0.305 e. The topological polar surface area (TPSA) is 198 Å². The molecule has 5 N–H and O–H groups in total. The average Bonchev–Trinajstić information content (AvgIpc) is 2.83. The van der Waals surface area contributed by atoms with E-state index in [-0.39, 0.29) is 71.2 Å². The van der Waals surface area contributed by atoms with E-state index in [1.807, 2.05) is 0 Å². The van der Waals surface area contributed by atoms with Crippen LogP contribution in [0.25, 0.3) is 0 Å². The molecule has 1 amide bonds. The predicted molar refractivity (Wildman–Crippen MR) is 124 cm³/mol. The summed E-state index contributed by atoms with van der Waals surface area (Å²) in [5, 5.41) is 31.7. The summed E-state index contributed by atoms with van der Waals surface area (Å²) in [6.45, 7) is -1.01. The average molecular weight is 513 g/mol. The Morgan fingerprint density at radius 3 is 1.67 bits per heavy atom. The first kappa shape index (κ1) is 30.6. The molecule has 13 nitrogen and oxygen atoms in total. The van der Waals surface area contributed by atoms with Crippen LogP contribution in [0.15, 0.2) is 30.3 Å². The summed E-state index contributed by atoms with van der Waals surface area (Å²) in [6, 6.07) is 6.62. The van der Waals surface area contributed by atoms with Crippen molar-refractivity contribution in [2.24, 2.45) is 0 Å². The van der Waals surface area contributed by atoms with Gasteiger partial charge >= 0.3 is 17.9 Å². The van der Waals surface area contributed by atoms with Crippen LogP contribution in [0.4, 0.5) is 0 Å². The molecule has 200 valence electrons. The normalized spacial score (nSPS) is 11.7. The summed E-state index contributed by atoms with van der Waals surface area (Å²) in [5.41, 5.74) is 0.437. The Kier molecular flexibility index (Phi) is 15.3. The Morgan fingerprint density at radius 1 is 0.722 bits per heavy atom. The second-order valence-corrected chi connectivity index (χ2v) is 7.58. The largest absolute Gasteiger partial charge is 0.481 e. The number of Topliss-reactive ketones (excluding diaryl/α,β-unsaturated/α-hetero) is 1. The van der Waals surface area contributed by atoms with E-state index >= 15 is 0 Å². The molecule has 0 radical (unpaired) electrons. The van der Waals surface area contributed by atoms with Crippen LogP contribution in [0, 0.1) is 0 Å². The summed E-state index contributed by atoms with van der Waals surface area (Å²) < 4.78 is 15.9. The van der Waals surface area contributed by atoms with Gasteiger partial charge in [0, 0.05) is 5.56 Å². The number of ether oxygens (including phenoxy) is 3. The molecule has 0 aliphatic carbocycles. The zero-order chi connectivity index (χ0) is 26.8. The Morgan fingerprint density at radius 2 is 1.19 bits per heavy atom. The Hall–Kier alpha value is -3.39. The molecule has 0 saturated heterocycles. The van der Waals surface area contributed by atoms with Gasteiger partial charge in [0.05, 0.1) is 71.5 Å². The fourth-order valence-corrected chi connectivity index (χ4v) is 2.73. The van der Waals surface area contributed by atoms with Gasteiger partial charge in [-0.25, -0.2) is 0 Å². The highest BCUT2D eigenvalue weighted by molar-refractivity contribution is 5.98. The number of hydrogen-bond acceptors (Lipinski definition) is 9. The quantitative estimate of drug-likeness (QED) is 0.107. The number of ketones is 1. The van der Waals surface area contributed by atoms with Gasteiger partial charge in [0.2, 0.25) is 5.91 Å².